The lowest BCUT2D eigenvalue weighted by molar-refractivity contribution is -0.140. The fourth-order valence-electron chi connectivity index (χ4n) is 5.40. The maximum atomic E-state index is 12.8. The minimum atomic E-state index is -0.322. The number of β-amino-alcohol motifs (C(OH)–C–C–N with tert-alkyl or cyclic N) is 1. The van der Waals surface area contributed by atoms with Gasteiger partial charge in [-0.05, 0) is 82.8 Å². The first-order valence-corrected chi connectivity index (χ1v) is 11.6. The molecule has 0 aromatic heterocycles. The molecular formula is C24H37N3O2. The summed E-state index contributed by atoms with van der Waals surface area (Å²) in [5, 5.41) is 9.86. The summed E-state index contributed by atoms with van der Waals surface area (Å²) in [4.78, 5) is 20.0. The normalized spacial score (nSPS) is 26.0. The second-order valence-corrected chi connectivity index (χ2v) is 9.32. The molecule has 3 saturated heterocycles. The standard InChI is InChI=1S/C24H37N3O2/c1-19-5-2-3-6-21(19)17-25-13-10-22(11-14-25)26-15-8-20(9-16-26)24(29)27-12-4-7-23(28)18-27/h2-3,5-6,20,22-23,28H,4,7-18H2,1H3/t23-/m0/s1. The molecule has 1 N–H and O–H groups in total. The summed E-state index contributed by atoms with van der Waals surface area (Å²) in [5.74, 6) is 0.453. The Morgan fingerprint density at radius 3 is 2.41 bits per heavy atom. The van der Waals surface area contributed by atoms with E-state index in [2.05, 4.69) is 41.0 Å². The molecule has 29 heavy (non-hydrogen) atoms. The Labute approximate surface area is 175 Å². The Balaban J connectivity index is 1.21. The number of benzene rings is 1. The molecule has 0 saturated carbocycles. The van der Waals surface area contributed by atoms with E-state index < -0.39 is 0 Å². The van der Waals surface area contributed by atoms with Crippen LogP contribution in [-0.4, -0.2) is 77.1 Å². The van der Waals surface area contributed by atoms with Crippen LogP contribution in [0.2, 0.25) is 0 Å². The van der Waals surface area contributed by atoms with E-state index in [-0.39, 0.29) is 17.9 Å². The average Bonchev–Trinajstić information content (AvgIpc) is 2.75. The first-order valence-electron chi connectivity index (χ1n) is 11.6. The molecule has 3 aliphatic rings. The molecule has 5 nitrogen and oxygen atoms in total. The van der Waals surface area contributed by atoms with E-state index in [1.807, 2.05) is 4.90 Å². The van der Waals surface area contributed by atoms with Gasteiger partial charge in [-0.1, -0.05) is 24.3 Å². The van der Waals surface area contributed by atoms with Gasteiger partial charge in [0.15, 0.2) is 0 Å². The number of aliphatic hydroxyl groups is 1. The lowest BCUT2D eigenvalue weighted by Crippen LogP contribution is -2.50. The molecule has 3 heterocycles. The zero-order chi connectivity index (χ0) is 20.2. The van der Waals surface area contributed by atoms with Crippen LogP contribution in [0.4, 0.5) is 0 Å². The van der Waals surface area contributed by atoms with Crippen molar-refractivity contribution in [2.24, 2.45) is 5.92 Å². The molecule has 160 valence electrons. The van der Waals surface area contributed by atoms with Crippen molar-refractivity contribution >= 4 is 5.91 Å². The van der Waals surface area contributed by atoms with Gasteiger partial charge in [-0.3, -0.25) is 9.69 Å². The SMILES string of the molecule is Cc1ccccc1CN1CCC(N2CCC(C(=O)N3CCC[C@H](O)C3)CC2)CC1. The number of likely N-dealkylation sites (tertiary alicyclic amines) is 3. The fraction of sp³-hybridized carbons (Fsp3) is 0.708. The molecule has 0 bridgehead atoms. The van der Waals surface area contributed by atoms with Crippen molar-refractivity contribution < 1.29 is 9.90 Å². The van der Waals surface area contributed by atoms with E-state index in [1.165, 1.54) is 37.1 Å². The second kappa shape index (κ2) is 9.59. The van der Waals surface area contributed by atoms with E-state index >= 15 is 0 Å². The summed E-state index contributed by atoms with van der Waals surface area (Å²) in [6, 6.07) is 9.40. The van der Waals surface area contributed by atoms with Crippen LogP contribution in [0.3, 0.4) is 0 Å². The Morgan fingerprint density at radius 1 is 1.00 bits per heavy atom. The van der Waals surface area contributed by atoms with Crippen molar-refractivity contribution in [1.82, 2.24) is 14.7 Å². The van der Waals surface area contributed by atoms with Gasteiger partial charge in [0.05, 0.1) is 6.10 Å². The van der Waals surface area contributed by atoms with Crippen LogP contribution in [0, 0.1) is 12.8 Å². The number of hydrogen-bond donors (Lipinski definition) is 1. The number of carbonyl (C=O) groups is 1. The molecular weight excluding hydrogens is 362 g/mol. The number of hydrogen-bond acceptors (Lipinski definition) is 4. The third-order valence-corrected chi connectivity index (χ3v) is 7.32. The van der Waals surface area contributed by atoms with Crippen molar-refractivity contribution in [2.75, 3.05) is 39.3 Å². The predicted octanol–water partition coefficient (Wildman–Crippen LogP) is 2.65. The molecule has 0 aliphatic carbocycles. The highest BCUT2D eigenvalue weighted by Gasteiger charge is 2.33. The smallest absolute Gasteiger partial charge is 0.225 e. The zero-order valence-electron chi connectivity index (χ0n) is 17.9. The lowest BCUT2D eigenvalue weighted by Gasteiger charge is -2.42. The topological polar surface area (TPSA) is 47.0 Å². The Bertz CT molecular complexity index is 678. The van der Waals surface area contributed by atoms with Crippen molar-refractivity contribution in [3.05, 3.63) is 35.4 Å². The molecule has 3 fully saturated rings. The quantitative estimate of drug-likeness (QED) is 0.846. The number of amides is 1. The van der Waals surface area contributed by atoms with Crippen LogP contribution >= 0.6 is 0 Å². The molecule has 1 atom stereocenters. The molecule has 0 radical (unpaired) electrons. The van der Waals surface area contributed by atoms with Crippen LogP contribution in [0.5, 0.6) is 0 Å². The number of aryl methyl sites for hydroxylation is 1. The first-order chi connectivity index (χ1) is 14.1. The molecule has 0 unspecified atom stereocenters. The van der Waals surface area contributed by atoms with Crippen LogP contribution in [-0.2, 0) is 11.3 Å². The van der Waals surface area contributed by atoms with E-state index in [0.717, 1.165) is 51.9 Å². The minimum Gasteiger partial charge on any atom is -0.391 e. The maximum absolute atomic E-state index is 12.8. The van der Waals surface area contributed by atoms with Gasteiger partial charge in [0.1, 0.15) is 0 Å². The number of carbonyl (C=O) groups excluding carboxylic acids is 1. The number of nitrogens with zero attached hydrogens (tertiary/aromatic N) is 3. The van der Waals surface area contributed by atoms with E-state index in [4.69, 9.17) is 0 Å². The third kappa shape index (κ3) is 5.19. The van der Waals surface area contributed by atoms with Crippen LogP contribution in [0.25, 0.3) is 0 Å². The van der Waals surface area contributed by atoms with Crippen molar-refractivity contribution in [3.8, 4) is 0 Å². The van der Waals surface area contributed by atoms with Gasteiger partial charge in [-0.15, -0.1) is 0 Å². The van der Waals surface area contributed by atoms with Gasteiger partial charge in [0, 0.05) is 31.6 Å². The maximum Gasteiger partial charge on any atom is 0.225 e. The van der Waals surface area contributed by atoms with Gasteiger partial charge in [0.2, 0.25) is 5.91 Å². The van der Waals surface area contributed by atoms with Gasteiger partial charge in [0.25, 0.3) is 0 Å². The second-order valence-electron chi connectivity index (χ2n) is 9.32. The highest BCUT2D eigenvalue weighted by atomic mass is 16.3. The lowest BCUT2D eigenvalue weighted by atomic mass is 9.91. The fourth-order valence-corrected chi connectivity index (χ4v) is 5.40. The summed E-state index contributed by atoms with van der Waals surface area (Å²) in [6.07, 6.45) is 5.89. The highest BCUT2D eigenvalue weighted by molar-refractivity contribution is 5.79. The third-order valence-electron chi connectivity index (χ3n) is 7.32. The first kappa shape index (κ1) is 20.8. The molecule has 4 rings (SSSR count). The van der Waals surface area contributed by atoms with Crippen LogP contribution in [0.15, 0.2) is 24.3 Å². The summed E-state index contributed by atoms with van der Waals surface area (Å²) in [6.45, 7) is 9.08. The summed E-state index contributed by atoms with van der Waals surface area (Å²) in [5.41, 5.74) is 2.84. The molecule has 0 spiro atoms. The average molecular weight is 400 g/mol. The zero-order valence-corrected chi connectivity index (χ0v) is 17.9. The monoisotopic (exact) mass is 399 g/mol. The molecule has 3 aliphatic heterocycles. The number of rotatable bonds is 4. The van der Waals surface area contributed by atoms with Crippen molar-refractivity contribution in [3.63, 3.8) is 0 Å². The van der Waals surface area contributed by atoms with Crippen LogP contribution in [0.1, 0.15) is 49.7 Å². The summed E-state index contributed by atoms with van der Waals surface area (Å²) < 4.78 is 0. The Morgan fingerprint density at radius 2 is 1.72 bits per heavy atom. The Kier molecular flexibility index (Phi) is 6.88. The van der Waals surface area contributed by atoms with Gasteiger partial charge < -0.3 is 14.9 Å². The highest BCUT2D eigenvalue weighted by Crippen LogP contribution is 2.27. The summed E-state index contributed by atoms with van der Waals surface area (Å²) in [7, 11) is 0. The van der Waals surface area contributed by atoms with E-state index in [0.29, 0.717) is 12.6 Å². The molecule has 5 heteroatoms. The van der Waals surface area contributed by atoms with Gasteiger partial charge >= 0.3 is 0 Å². The molecule has 1 aromatic carbocycles. The molecule has 1 amide bonds. The van der Waals surface area contributed by atoms with Gasteiger partial charge in [-0.25, -0.2) is 0 Å². The largest absolute Gasteiger partial charge is 0.391 e. The van der Waals surface area contributed by atoms with Gasteiger partial charge in [-0.2, -0.15) is 0 Å². The number of piperidine rings is 3. The minimum absolute atomic E-state index is 0.165. The van der Waals surface area contributed by atoms with Crippen molar-refractivity contribution in [2.45, 2.75) is 64.1 Å². The predicted molar refractivity (Wildman–Crippen MR) is 116 cm³/mol. The number of aliphatic hydroxyl groups excluding tert-OH is 1. The van der Waals surface area contributed by atoms with Crippen molar-refractivity contribution in [1.29, 1.82) is 0 Å². The van der Waals surface area contributed by atoms with E-state index in [1.54, 1.807) is 0 Å². The van der Waals surface area contributed by atoms with E-state index in [9.17, 15) is 9.90 Å². The van der Waals surface area contributed by atoms with Crippen LogP contribution < -0.4 is 0 Å². The molecule has 1 aromatic rings. The Hall–Kier alpha value is -1.43. The summed E-state index contributed by atoms with van der Waals surface area (Å²) >= 11 is 0.